The van der Waals surface area contributed by atoms with Gasteiger partial charge in [-0.05, 0) is 12.1 Å². The molecule has 2 aliphatic heterocycles. The van der Waals surface area contributed by atoms with Crippen molar-refractivity contribution in [2.24, 2.45) is 0 Å². The first-order valence-electron chi connectivity index (χ1n) is 6.27. The molecule has 0 unspecified atom stereocenters. The number of fused-ring (bicyclic) bond motifs is 2. The summed E-state index contributed by atoms with van der Waals surface area (Å²) in [5, 5.41) is 22.2. The van der Waals surface area contributed by atoms with Crippen molar-refractivity contribution in [1.82, 2.24) is 0 Å². The van der Waals surface area contributed by atoms with Crippen molar-refractivity contribution in [3.05, 3.63) is 42.5 Å². The van der Waals surface area contributed by atoms with E-state index in [0.29, 0.717) is 5.69 Å². The molecule has 1 aliphatic carbocycles. The number of methoxy groups -OCH3 is 1. The van der Waals surface area contributed by atoms with Gasteiger partial charge in [-0.1, -0.05) is 30.4 Å². The predicted octanol–water partition coefficient (Wildman–Crippen LogP) is 0.0102. The first kappa shape index (κ1) is 13.1. The van der Waals surface area contributed by atoms with Crippen LogP contribution in [0.5, 0.6) is 0 Å². The van der Waals surface area contributed by atoms with Gasteiger partial charge in [-0.2, -0.15) is 0 Å². The maximum absolute atomic E-state index is 11.9. The highest BCUT2D eigenvalue weighted by molar-refractivity contribution is 5.83. The van der Waals surface area contributed by atoms with Crippen LogP contribution in [0.1, 0.15) is 0 Å². The van der Waals surface area contributed by atoms with Crippen molar-refractivity contribution >= 4 is 11.7 Å². The van der Waals surface area contributed by atoms with Gasteiger partial charge in [-0.15, -0.1) is 0 Å². The second-order valence-electron chi connectivity index (χ2n) is 4.82. The van der Waals surface area contributed by atoms with Crippen LogP contribution in [0.15, 0.2) is 42.5 Å². The Morgan fingerprint density at radius 1 is 1.35 bits per heavy atom. The summed E-state index contributed by atoms with van der Waals surface area (Å²) in [4.78, 5) is 17.5. The number of para-hydroxylation sites is 1. The first-order valence-corrected chi connectivity index (χ1v) is 6.27. The van der Waals surface area contributed by atoms with Gasteiger partial charge in [-0.3, -0.25) is 4.84 Å². The summed E-state index contributed by atoms with van der Waals surface area (Å²) < 4.78 is 4.63. The molecule has 0 radical (unpaired) electrons. The molecule has 0 spiro atoms. The molecule has 6 heteroatoms. The van der Waals surface area contributed by atoms with Gasteiger partial charge in [0.2, 0.25) is 5.60 Å². The van der Waals surface area contributed by atoms with Gasteiger partial charge in [-0.25, -0.2) is 9.86 Å². The molecule has 2 N–H and O–H groups in total. The predicted molar refractivity (Wildman–Crippen MR) is 69.7 cm³/mol. The molecule has 1 saturated heterocycles. The molecular formula is C14H15NO5. The van der Waals surface area contributed by atoms with Gasteiger partial charge < -0.3 is 14.9 Å². The van der Waals surface area contributed by atoms with Crippen LogP contribution in [0.25, 0.3) is 0 Å². The minimum atomic E-state index is -2.05. The molecule has 4 atom stereocenters. The number of rotatable bonds is 2. The Kier molecular flexibility index (Phi) is 3.01. The van der Waals surface area contributed by atoms with E-state index in [2.05, 4.69) is 4.74 Å². The average molecular weight is 277 g/mol. The number of hydrogen-bond acceptors (Lipinski definition) is 6. The van der Waals surface area contributed by atoms with Gasteiger partial charge >= 0.3 is 5.97 Å². The van der Waals surface area contributed by atoms with Crippen LogP contribution >= 0.6 is 0 Å². The number of nitrogens with zero attached hydrogens (tertiary/aromatic N) is 1. The number of carbonyl (C=O) groups excluding carboxylic acids is 1. The van der Waals surface area contributed by atoms with Gasteiger partial charge in [0.25, 0.3) is 0 Å². The third-order valence-corrected chi connectivity index (χ3v) is 3.71. The van der Waals surface area contributed by atoms with Crippen LogP contribution in [0, 0.1) is 0 Å². The third kappa shape index (κ3) is 1.66. The van der Waals surface area contributed by atoms with E-state index in [0.717, 1.165) is 0 Å². The van der Waals surface area contributed by atoms with Crippen molar-refractivity contribution in [1.29, 1.82) is 0 Å². The highest BCUT2D eigenvalue weighted by Crippen LogP contribution is 2.39. The number of aliphatic hydroxyl groups is 2. The number of hydrogen-bond donors (Lipinski definition) is 2. The monoisotopic (exact) mass is 277 g/mol. The molecule has 106 valence electrons. The standard InChI is InChI=1S/C14H15NO5/c1-19-13(17)14(18)11-8-7-10(12(14)16)20-15(11)9-5-3-2-4-6-9/h2-8,10-12,16,18H,1H3/t10-,11+,12+,14-/m0/s1. The third-order valence-electron chi connectivity index (χ3n) is 3.71. The lowest BCUT2D eigenvalue weighted by molar-refractivity contribution is -0.215. The van der Waals surface area contributed by atoms with Gasteiger partial charge in [0.1, 0.15) is 18.2 Å². The smallest absolute Gasteiger partial charge is 0.343 e. The summed E-state index contributed by atoms with van der Waals surface area (Å²) in [5.41, 5.74) is -1.37. The molecular weight excluding hydrogens is 262 g/mol. The molecule has 1 fully saturated rings. The molecule has 2 heterocycles. The van der Waals surface area contributed by atoms with E-state index >= 15 is 0 Å². The van der Waals surface area contributed by atoms with E-state index in [4.69, 9.17) is 4.84 Å². The normalized spacial score (nSPS) is 35.1. The van der Waals surface area contributed by atoms with Crippen LogP contribution in [-0.2, 0) is 14.4 Å². The minimum absolute atomic E-state index is 0.682. The van der Waals surface area contributed by atoms with Gasteiger partial charge in [0.15, 0.2) is 0 Å². The zero-order valence-corrected chi connectivity index (χ0v) is 10.8. The Labute approximate surface area is 115 Å². The number of benzene rings is 1. The molecule has 0 saturated carbocycles. The van der Waals surface area contributed by atoms with Gasteiger partial charge in [0.05, 0.1) is 12.8 Å². The van der Waals surface area contributed by atoms with Gasteiger partial charge in [0, 0.05) is 0 Å². The van der Waals surface area contributed by atoms with Crippen molar-refractivity contribution in [2.75, 3.05) is 12.2 Å². The Hall–Kier alpha value is -1.89. The van der Waals surface area contributed by atoms with Crippen molar-refractivity contribution in [2.45, 2.75) is 23.9 Å². The SMILES string of the molecule is COC(=O)[C@@]1(O)[C@H](O)[C@@H]2C=C[C@H]1N(c1ccccc1)O2. The fourth-order valence-electron chi connectivity index (χ4n) is 2.64. The molecule has 20 heavy (non-hydrogen) atoms. The molecule has 2 bridgehead atoms. The summed E-state index contributed by atoms with van der Waals surface area (Å²) in [6, 6.07) is 8.22. The molecule has 1 aromatic carbocycles. The van der Waals surface area contributed by atoms with Crippen LogP contribution in [0.2, 0.25) is 0 Å². The molecule has 1 aromatic rings. The Morgan fingerprint density at radius 3 is 2.70 bits per heavy atom. The Morgan fingerprint density at radius 2 is 2.05 bits per heavy atom. The van der Waals surface area contributed by atoms with Crippen LogP contribution in [-0.4, -0.2) is 47.1 Å². The minimum Gasteiger partial charge on any atom is -0.467 e. The summed E-state index contributed by atoms with van der Waals surface area (Å²) in [6.45, 7) is 0. The zero-order chi connectivity index (χ0) is 14.3. The number of aliphatic hydroxyl groups excluding tert-OH is 1. The van der Waals surface area contributed by atoms with Crippen LogP contribution in [0.4, 0.5) is 5.69 Å². The fraction of sp³-hybridized carbons (Fsp3) is 0.357. The summed E-state index contributed by atoms with van der Waals surface area (Å²) in [7, 11) is 1.17. The number of ether oxygens (including phenoxy) is 1. The lowest BCUT2D eigenvalue weighted by Crippen LogP contribution is -2.73. The van der Waals surface area contributed by atoms with E-state index in [1.54, 1.807) is 24.3 Å². The molecule has 0 amide bonds. The summed E-state index contributed by atoms with van der Waals surface area (Å²) in [6.07, 6.45) is 1.10. The maximum Gasteiger partial charge on any atom is 0.343 e. The first-order chi connectivity index (χ1) is 9.59. The summed E-state index contributed by atoms with van der Waals surface area (Å²) in [5.74, 6) is -0.881. The molecule has 3 aliphatic rings. The van der Waals surface area contributed by atoms with E-state index < -0.39 is 29.8 Å². The second kappa shape index (κ2) is 4.59. The van der Waals surface area contributed by atoms with E-state index in [1.165, 1.54) is 12.2 Å². The Bertz CT molecular complexity index is 546. The molecule has 6 nitrogen and oxygen atoms in total. The highest BCUT2D eigenvalue weighted by Gasteiger charge is 2.61. The van der Waals surface area contributed by atoms with E-state index in [-0.39, 0.29) is 0 Å². The zero-order valence-electron chi connectivity index (χ0n) is 10.8. The summed E-state index contributed by atoms with van der Waals surface area (Å²) >= 11 is 0. The number of esters is 1. The Balaban J connectivity index is 2.03. The number of hydroxylamine groups is 1. The van der Waals surface area contributed by atoms with Crippen LogP contribution < -0.4 is 5.06 Å². The highest BCUT2D eigenvalue weighted by atomic mass is 16.7. The van der Waals surface area contributed by atoms with Crippen LogP contribution in [0.3, 0.4) is 0 Å². The van der Waals surface area contributed by atoms with E-state index in [1.807, 2.05) is 18.2 Å². The quantitative estimate of drug-likeness (QED) is 0.585. The fourth-order valence-corrected chi connectivity index (χ4v) is 2.64. The second-order valence-corrected chi connectivity index (χ2v) is 4.82. The van der Waals surface area contributed by atoms with Crippen molar-refractivity contribution in [3.8, 4) is 0 Å². The lowest BCUT2D eigenvalue weighted by atomic mass is 9.79. The van der Waals surface area contributed by atoms with Crippen molar-refractivity contribution < 1.29 is 24.6 Å². The molecule has 0 aromatic heterocycles. The number of anilines is 1. The molecule has 4 rings (SSSR count). The largest absolute Gasteiger partial charge is 0.467 e. The van der Waals surface area contributed by atoms with E-state index in [9.17, 15) is 15.0 Å². The topological polar surface area (TPSA) is 79.2 Å². The van der Waals surface area contributed by atoms with Crippen molar-refractivity contribution in [3.63, 3.8) is 0 Å². The maximum atomic E-state index is 11.9. The average Bonchev–Trinajstić information content (AvgIpc) is 2.51. The number of carbonyl (C=O) groups is 1. The lowest BCUT2D eigenvalue weighted by Gasteiger charge is -2.51.